The Kier molecular flexibility index (Phi) is 13.8. The van der Waals surface area contributed by atoms with Crippen molar-refractivity contribution in [2.45, 2.75) is 40.5 Å². The van der Waals surface area contributed by atoms with Crippen molar-refractivity contribution in [3.63, 3.8) is 0 Å². The lowest BCUT2D eigenvalue weighted by atomic mass is 10.5. The van der Waals surface area contributed by atoms with E-state index in [0.717, 1.165) is 12.2 Å². The summed E-state index contributed by atoms with van der Waals surface area (Å²) < 4.78 is 60.3. The van der Waals surface area contributed by atoms with Gasteiger partial charge in [-0.3, -0.25) is 0 Å². The Balaban J connectivity index is 4.16. The Bertz CT molecular complexity index is 691. The van der Waals surface area contributed by atoms with Crippen LogP contribution in [-0.4, -0.2) is 88.3 Å². The number of rotatable bonds is 16. The second kappa shape index (κ2) is 14.5. The van der Waals surface area contributed by atoms with E-state index in [-0.39, 0.29) is 37.6 Å². The van der Waals surface area contributed by atoms with Crippen LogP contribution in [0, 0.1) is 0 Å². The van der Waals surface area contributed by atoms with Crippen LogP contribution < -0.4 is 0 Å². The molecule has 0 spiro atoms. The summed E-state index contributed by atoms with van der Waals surface area (Å²) in [6.45, 7) is 8.31. The fourth-order valence-electron chi connectivity index (χ4n) is 2.55. The quantitative estimate of drug-likeness (QED) is 0.184. The van der Waals surface area contributed by atoms with Crippen molar-refractivity contribution in [1.82, 2.24) is 8.61 Å². The highest BCUT2D eigenvalue weighted by Gasteiger charge is 2.19. The number of hydrogen-bond acceptors (Lipinski definition) is 8. The molecule has 0 aliphatic heterocycles. The fourth-order valence-corrected chi connectivity index (χ4v) is 5.61. The number of sulfonamides is 2. The predicted octanol–water partition coefficient (Wildman–Crippen LogP) is 0.752. The highest BCUT2D eigenvalue weighted by atomic mass is 32.2. The van der Waals surface area contributed by atoms with Gasteiger partial charge < -0.3 is 9.47 Å². The van der Waals surface area contributed by atoms with E-state index in [1.165, 1.54) is 8.61 Å². The maximum Gasteiger partial charge on any atom is 0.331 e. The van der Waals surface area contributed by atoms with Crippen molar-refractivity contribution in [3.8, 4) is 0 Å². The molecule has 30 heavy (non-hydrogen) atoms. The molecule has 12 heteroatoms. The van der Waals surface area contributed by atoms with Gasteiger partial charge >= 0.3 is 11.9 Å². The van der Waals surface area contributed by atoms with Gasteiger partial charge in [-0.15, -0.1) is 0 Å². The van der Waals surface area contributed by atoms with Gasteiger partial charge in [0.05, 0.1) is 24.7 Å². The third kappa shape index (κ3) is 11.0. The Hall–Kier alpha value is -1.50. The molecule has 0 radical (unpaired) electrons. The van der Waals surface area contributed by atoms with Gasteiger partial charge in [-0.05, 0) is 12.8 Å². The second-order valence-electron chi connectivity index (χ2n) is 6.18. The van der Waals surface area contributed by atoms with E-state index in [4.69, 9.17) is 9.47 Å². The second-order valence-corrected chi connectivity index (χ2v) is 10.4. The van der Waals surface area contributed by atoms with Crippen molar-refractivity contribution in [2.75, 3.05) is 50.9 Å². The number of ether oxygens (including phenoxy) is 2. The van der Waals surface area contributed by atoms with E-state index in [1.807, 2.05) is 0 Å². The summed E-state index contributed by atoms with van der Waals surface area (Å²) in [4.78, 5) is 23.1. The van der Waals surface area contributed by atoms with Crippen LogP contribution in [0.3, 0.4) is 0 Å². The molecule has 0 bridgehead atoms. The standard InChI is InChI=1S/C18H34N2O8S2/c1-5-19(6-2)29(23,24)15-9-13-27-17(21)11-12-18(22)28-14-10-16-30(25,26)20(7-3)8-4/h11-12H,5-10,13-16H2,1-4H3/b12-11+. The molecule has 0 saturated carbocycles. The summed E-state index contributed by atoms with van der Waals surface area (Å²) in [5.74, 6) is -1.86. The lowest BCUT2D eigenvalue weighted by Gasteiger charge is -2.18. The van der Waals surface area contributed by atoms with E-state index < -0.39 is 32.0 Å². The summed E-state index contributed by atoms with van der Waals surface area (Å²) >= 11 is 0. The van der Waals surface area contributed by atoms with Crippen LogP contribution in [0.15, 0.2) is 12.2 Å². The molecule has 0 aromatic heterocycles. The average molecular weight is 471 g/mol. The number of carbonyl (C=O) groups excluding carboxylic acids is 2. The van der Waals surface area contributed by atoms with Crippen molar-refractivity contribution in [3.05, 3.63) is 12.2 Å². The minimum Gasteiger partial charge on any atom is -0.462 e. The van der Waals surface area contributed by atoms with Crippen LogP contribution in [0.4, 0.5) is 0 Å². The van der Waals surface area contributed by atoms with Crippen LogP contribution in [-0.2, 0) is 39.1 Å². The molecule has 0 aliphatic carbocycles. The van der Waals surface area contributed by atoms with E-state index >= 15 is 0 Å². The minimum atomic E-state index is -3.37. The molecule has 0 amide bonds. The lowest BCUT2D eigenvalue weighted by molar-refractivity contribution is -0.140. The van der Waals surface area contributed by atoms with Gasteiger partial charge in [0.2, 0.25) is 20.0 Å². The van der Waals surface area contributed by atoms with Crippen LogP contribution in [0.25, 0.3) is 0 Å². The fraction of sp³-hybridized carbons (Fsp3) is 0.778. The molecular formula is C18H34N2O8S2. The highest BCUT2D eigenvalue weighted by Crippen LogP contribution is 2.04. The Morgan fingerprint density at radius 2 is 0.967 bits per heavy atom. The van der Waals surface area contributed by atoms with Crippen LogP contribution >= 0.6 is 0 Å². The van der Waals surface area contributed by atoms with E-state index in [2.05, 4.69) is 0 Å². The maximum absolute atomic E-state index is 12.0. The van der Waals surface area contributed by atoms with Crippen molar-refractivity contribution < 1.29 is 35.9 Å². The van der Waals surface area contributed by atoms with Gasteiger partial charge in [0.25, 0.3) is 0 Å². The number of nitrogens with zero attached hydrogens (tertiary/aromatic N) is 2. The van der Waals surface area contributed by atoms with E-state index in [1.54, 1.807) is 27.7 Å². The van der Waals surface area contributed by atoms with Gasteiger partial charge in [0, 0.05) is 38.3 Å². The highest BCUT2D eigenvalue weighted by molar-refractivity contribution is 7.89. The first-order valence-corrected chi connectivity index (χ1v) is 13.2. The first-order valence-electron chi connectivity index (χ1n) is 10.0. The van der Waals surface area contributed by atoms with E-state index in [0.29, 0.717) is 26.2 Å². The molecule has 0 aliphatic rings. The molecule has 0 N–H and O–H groups in total. The molecule has 0 fully saturated rings. The molecule has 176 valence electrons. The summed E-state index contributed by atoms with van der Waals surface area (Å²) in [7, 11) is -6.75. The normalized spacial score (nSPS) is 12.6. The summed E-state index contributed by atoms with van der Waals surface area (Å²) in [6, 6.07) is 0. The average Bonchev–Trinajstić information content (AvgIpc) is 2.68. The molecule has 0 atom stereocenters. The molecule has 0 rings (SSSR count). The monoisotopic (exact) mass is 470 g/mol. The Labute approximate surface area is 180 Å². The number of hydrogen-bond donors (Lipinski definition) is 0. The van der Waals surface area contributed by atoms with Gasteiger partial charge in [-0.2, -0.15) is 0 Å². The molecule has 10 nitrogen and oxygen atoms in total. The Morgan fingerprint density at radius 3 is 1.23 bits per heavy atom. The largest absolute Gasteiger partial charge is 0.462 e. The topological polar surface area (TPSA) is 127 Å². The van der Waals surface area contributed by atoms with Gasteiger partial charge in [0.1, 0.15) is 0 Å². The van der Waals surface area contributed by atoms with Crippen LogP contribution in [0.1, 0.15) is 40.5 Å². The molecule has 0 aromatic rings. The molecule has 0 unspecified atom stereocenters. The van der Waals surface area contributed by atoms with Crippen molar-refractivity contribution in [1.29, 1.82) is 0 Å². The zero-order valence-corrected chi connectivity index (χ0v) is 19.8. The Morgan fingerprint density at radius 1 is 0.667 bits per heavy atom. The predicted molar refractivity (Wildman–Crippen MR) is 114 cm³/mol. The van der Waals surface area contributed by atoms with Crippen molar-refractivity contribution in [2.24, 2.45) is 0 Å². The zero-order valence-electron chi connectivity index (χ0n) is 18.2. The van der Waals surface area contributed by atoms with E-state index in [9.17, 15) is 26.4 Å². The van der Waals surface area contributed by atoms with Gasteiger partial charge in [0.15, 0.2) is 0 Å². The lowest BCUT2D eigenvalue weighted by Crippen LogP contribution is -2.33. The summed E-state index contributed by atoms with van der Waals surface area (Å²) in [5, 5.41) is 0. The SMILES string of the molecule is CCN(CC)S(=O)(=O)CCCOC(=O)/C=C/C(=O)OCCCS(=O)(=O)N(CC)CC. The third-order valence-electron chi connectivity index (χ3n) is 4.14. The van der Waals surface area contributed by atoms with Gasteiger partial charge in [-0.1, -0.05) is 27.7 Å². The first kappa shape index (κ1) is 28.5. The molecule has 0 saturated heterocycles. The number of carbonyl (C=O) groups is 2. The minimum absolute atomic E-state index is 0.0953. The zero-order chi connectivity index (χ0) is 23.2. The van der Waals surface area contributed by atoms with Crippen LogP contribution in [0.5, 0.6) is 0 Å². The molecule has 0 aromatic carbocycles. The number of esters is 2. The summed E-state index contributed by atoms with van der Waals surface area (Å²) in [6.07, 6.45) is 2.05. The molecular weight excluding hydrogens is 436 g/mol. The van der Waals surface area contributed by atoms with Crippen molar-refractivity contribution >= 4 is 32.0 Å². The van der Waals surface area contributed by atoms with Crippen LogP contribution in [0.2, 0.25) is 0 Å². The van der Waals surface area contributed by atoms with Gasteiger partial charge in [-0.25, -0.2) is 35.0 Å². The first-order chi connectivity index (χ1) is 14.0. The molecule has 0 heterocycles. The maximum atomic E-state index is 12.0. The smallest absolute Gasteiger partial charge is 0.331 e. The summed E-state index contributed by atoms with van der Waals surface area (Å²) in [5.41, 5.74) is 0. The third-order valence-corrected chi connectivity index (χ3v) is 8.35.